The molecule has 0 fully saturated rings. The van der Waals surface area contributed by atoms with Gasteiger partial charge in [-0.05, 0) is 29.5 Å². The molecule has 1 aromatic rings. The molecule has 24 heavy (non-hydrogen) atoms. The van der Waals surface area contributed by atoms with E-state index in [0.29, 0.717) is 19.6 Å². The smallest absolute Gasteiger partial charge is 0.317 e. The van der Waals surface area contributed by atoms with Crippen LogP contribution in [-0.2, 0) is 5.41 Å². The van der Waals surface area contributed by atoms with E-state index in [2.05, 4.69) is 38.2 Å². The quantitative estimate of drug-likeness (QED) is 0.599. The van der Waals surface area contributed by atoms with Crippen molar-refractivity contribution in [3.8, 4) is 5.75 Å². The maximum Gasteiger partial charge on any atom is 0.317 e. The molecule has 0 radical (unpaired) electrons. The van der Waals surface area contributed by atoms with Gasteiger partial charge in [0, 0.05) is 19.6 Å². The molecule has 0 aliphatic heterocycles. The Labute approximate surface area is 144 Å². The molecule has 2 amide bonds. The Kier molecular flexibility index (Phi) is 8.57. The highest BCUT2D eigenvalue weighted by Crippen LogP contribution is 2.24. The molecular weight excluding hydrogens is 308 g/mol. The van der Waals surface area contributed by atoms with Crippen molar-refractivity contribution in [3.05, 3.63) is 29.8 Å². The van der Waals surface area contributed by atoms with E-state index in [1.54, 1.807) is 0 Å². The van der Waals surface area contributed by atoms with Gasteiger partial charge in [0.25, 0.3) is 0 Å². The largest absolute Gasteiger partial charge is 0.494 e. The van der Waals surface area contributed by atoms with Crippen LogP contribution >= 0.6 is 0 Å². The molecule has 0 saturated heterocycles. The third-order valence-electron chi connectivity index (χ3n) is 3.61. The third-order valence-corrected chi connectivity index (χ3v) is 3.61. The van der Waals surface area contributed by atoms with Gasteiger partial charge in [-0.15, -0.1) is 0 Å². The van der Waals surface area contributed by atoms with Crippen LogP contribution in [0.2, 0.25) is 0 Å². The Morgan fingerprint density at radius 1 is 1.12 bits per heavy atom. The summed E-state index contributed by atoms with van der Waals surface area (Å²) in [6.45, 7) is 7.67. The van der Waals surface area contributed by atoms with Gasteiger partial charge in [-0.2, -0.15) is 0 Å². The molecule has 136 valence electrons. The van der Waals surface area contributed by atoms with Crippen LogP contribution in [0.15, 0.2) is 24.3 Å². The molecule has 0 atom stereocenters. The van der Waals surface area contributed by atoms with E-state index >= 15 is 0 Å². The van der Waals surface area contributed by atoms with Gasteiger partial charge < -0.3 is 25.2 Å². The molecular formula is C18H30N2O4. The number of aliphatic hydroxyl groups excluding tert-OH is 2. The highest BCUT2D eigenvalue weighted by Gasteiger charge is 2.13. The summed E-state index contributed by atoms with van der Waals surface area (Å²) in [6, 6.07) is 7.78. The molecule has 1 rings (SSSR count). The molecule has 6 heteroatoms. The fourth-order valence-corrected chi connectivity index (χ4v) is 2.18. The Balaban J connectivity index is 2.27. The van der Waals surface area contributed by atoms with Gasteiger partial charge >= 0.3 is 6.03 Å². The first kappa shape index (κ1) is 20.3. The van der Waals surface area contributed by atoms with Crippen molar-refractivity contribution < 1.29 is 19.7 Å². The monoisotopic (exact) mass is 338 g/mol. The fraction of sp³-hybridized carbons (Fsp3) is 0.611. The van der Waals surface area contributed by atoms with Crippen LogP contribution in [0.25, 0.3) is 0 Å². The Bertz CT molecular complexity index is 477. The maximum absolute atomic E-state index is 11.8. The highest BCUT2D eigenvalue weighted by molar-refractivity contribution is 5.74. The van der Waals surface area contributed by atoms with Crippen molar-refractivity contribution in [1.29, 1.82) is 0 Å². The number of hydrogen-bond donors (Lipinski definition) is 3. The predicted octanol–water partition coefficient (Wildman–Crippen LogP) is 1.75. The Morgan fingerprint density at radius 2 is 1.71 bits per heavy atom. The van der Waals surface area contributed by atoms with Crippen molar-refractivity contribution in [2.45, 2.75) is 32.6 Å². The zero-order chi connectivity index (χ0) is 18.0. The molecule has 0 aromatic heterocycles. The lowest BCUT2D eigenvalue weighted by molar-refractivity contribution is 0.158. The summed E-state index contributed by atoms with van der Waals surface area (Å²) in [6.07, 6.45) is 0.679. The van der Waals surface area contributed by atoms with E-state index in [9.17, 15) is 4.79 Å². The molecule has 1 aromatic carbocycles. The van der Waals surface area contributed by atoms with Gasteiger partial charge in [0.1, 0.15) is 5.75 Å². The van der Waals surface area contributed by atoms with E-state index in [1.165, 1.54) is 10.5 Å². The first-order valence-electron chi connectivity index (χ1n) is 8.36. The summed E-state index contributed by atoms with van der Waals surface area (Å²) in [5.74, 6) is 0.816. The molecule has 3 N–H and O–H groups in total. The second-order valence-electron chi connectivity index (χ2n) is 6.64. The summed E-state index contributed by atoms with van der Waals surface area (Å²) < 4.78 is 5.67. The van der Waals surface area contributed by atoms with Crippen molar-refractivity contribution in [2.24, 2.45) is 0 Å². The standard InChI is InChI=1S/C18H30N2O4/c1-18(2,3)15-5-7-16(8-6-15)24-14-4-9-19-17(23)20(10-12-21)11-13-22/h5-8,21-22H,4,9-14H2,1-3H3,(H,19,23). The van der Waals surface area contributed by atoms with E-state index in [1.807, 2.05) is 12.1 Å². The number of carbonyl (C=O) groups is 1. The molecule has 0 spiro atoms. The zero-order valence-electron chi connectivity index (χ0n) is 14.9. The van der Waals surface area contributed by atoms with Crippen LogP contribution < -0.4 is 10.1 Å². The van der Waals surface area contributed by atoms with Crippen LogP contribution in [0.3, 0.4) is 0 Å². The lowest BCUT2D eigenvalue weighted by Gasteiger charge is -2.21. The number of aliphatic hydroxyl groups is 2. The molecule has 0 bridgehead atoms. The minimum atomic E-state index is -0.285. The van der Waals surface area contributed by atoms with Crippen molar-refractivity contribution in [1.82, 2.24) is 10.2 Å². The number of amides is 2. The van der Waals surface area contributed by atoms with Gasteiger partial charge in [-0.25, -0.2) is 4.79 Å². The molecule has 0 saturated carbocycles. The van der Waals surface area contributed by atoms with Gasteiger partial charge in [0.05, 0.1) is 19.8 Å². The average Bonchev–Trinajstić information content (AvgIpc) is 2.53. The van der Waals surface area contributed by atoms with Gasteiger partial charge in [-0.1, -0.05) is 32.9 Å². The summed E-state index contributed by atoms with van der Waals surface area (Å²) in [5, 5.41) is 20.5. The van der Waals surface area contributed by atoms with E-state index in [-0.39, 0.29) is 37.7 Å². The second kappa shape index (κ2) is 10.2. The summed E-state index contributed by atoms with van der Waals surface area (Å²) in [5.41, 5.74) is 1.38. The number of nitrogens with zero attached hydrogens (tertiary/aromatic N) is 1. The minimum Gasteiger partial charge on any atom is -0.494 e. The number of benzene rings is 1. The van der Waals surface area contributed by atoms with E-state index in [0.717, 1.165) is 5.75 Å². The second-order valence-corrected chi connectivity index (χ2v) is 6.64. The molecule has 0 heterocycles. The van der Waals surface area contributed by atoms with Crippen molar-refractivity contribution in [2.75, 3.05) is 39.5 Å². The van der Waals surface area contributed by atoms with Crippen molar-refractivity contribution >= 4 is 6.03 Å². The predicted molar refractivity (Wildman–Crippen MR) is 94.4 cm³/mol. The minimum absolute atomic E-state index is 0.123. The summed E-state index contributed by atoms with van der Waals surface area (Å²) >= 11 is 0. The lowest BCUT2D eigenvalue weighted by atomic mass is 9.87. The first-order chi connectivity index (χ1) is 11.4. The first-order valence-corrected chi connectivity index (χ1v) is 8.36. The number of nitrogens with one attached hydrogen (secondary N) is 1. The highest BCUT2D eigenvalue weighted by atomic mass is 16.5. The molecule has 0 aliphatic rings. The number of carbonyl (C=O) groups excluding carboxylic acids is 1. The molecule has 0 unspecified atom stereocenters. The van der Waals surface area contributed by atoms with Gasteiger partial charge in [0.15, 0.2) is 0 Å². The van der Waals surface area contributed by atoms with Crippen LogP contribution in [-0.4, -0.2) is 60.6 Å². The normalized spacial score (nSPS) is 11.2. The van der Waals surface area contributed by atoms with E-state index in [4.69, 9.17) is 14.9 Å². The zero-order valence-corrected chi connectivity index (χ0v) is 14.9. The van der Waals surface area contributed by atoms with Gasteiger partial charge in [-0.3, -0.25) is 0 Å². The Hall–Kier alpha value is -1.79. The number of urea groups is 1. The molecule has 0 aliphatic carbocycles. The SMILES string of the molecule is CC(C)(C)c1ccc(OCCCNC(=O)N(CCO)CCO)cc1. The van der Waals surface area contributed by atoms with Gasteiger partial charge in [0.2, 0.25) is 0 Å². The summed E-state index contributed by atoms with van der Waals surface area (Å²) in [7, 11) is 0. The average molecular weight is 338 g/mol. The lowest BCUT2D eigenvalue weighted by Crippen LogP contribution is -2.43. The van der Waals surface area contributed by atoms with Crippen LogP contribution in [0.5, 0.6) is 5.75 Å². The van der Waals surface area contributed by atoms with E-state index < -0.39 is 0 Å². The number of rotatable bonds is 9. The fourth-order valence-electron chi connectivity index (χ4n) is 2.18. The van der Waals surface area contributed by atoms with Crippen LogP contribution in [0.1, 0.15) is 32.8 Å². The maximum atomic E-state index is 11.8. The number of hydrogen-bond acceptors (Lipinski definition) is 4. The van der Waals surface area contributed by atoms with Crippen LogP contribution in [0, 0.1) is 0 Å². The summed E-state index contributed by atoms with van der Waals surface area (Å²) in [4.78, 5) is 13.2. The van der Waals surface area contributed by atoms with Crippen molar-refractivity contribution in [3.63, 3.8) is 0 Å². The number of ether oxygens (including phenoxy) is 1. The van der Waals surface area contributed by atoms with Crippen LogP contribution in [0.4, 0.5) is 4.79 Å². The topological polar surface area (TPSA) is 82.0 Å². The Morgan fingerprint density at radius 3 is 2.21 bits per heavy atom. The third kappa shape index (κ3) is 7.19. The molecule has 6 nitrogen and oxygen atoms in total.